The summed E-state index contributed by atoms with van der Waals surface area (Å²) in [5.41, 5.74) is 6.79. The van der Waals surface area contributed by atoms with E-state index in [0.717, 1.165) is 70.3 Å². The van der Waals surface area contributed by atoms with Crippen LogP contribution in [0.2, 0.25) is 0 Å². The van der Waals surface area contributed by atoms with Gasteiger partial charge in [0.05, 0.1) is 29.8 Å². The van der Waals surface area contributed by atoms with E-state index in [0.29, 0.717) is 24.3 Å². The highest BCUT2D eigenvalue weighted by atomic mass is 19.4. The second-order valence-corrected chi connectivity index (χ2v) is 15.4. The first-order valence-electron chi connectivity index (χ1n) is 19.8. The smallest absolute Gasteiger partial charge is 0.392 e. The maximum absolute atomic E-state index is 13.2. The molecule has 4 aromatic carbocycles. The first kappa shape index (κ1) is 39.5. The Morgan fingerprint density at radius 2 is 1.55 bits per heavy atom. The quantitative estimate of drug-likeness (QED) is 0.147. The second kappa shape index (κ2) is 16.9. The number of hydrogen-bond donors (Lipinski definition) is 3. The molecule has 3 aliphatic rings. The molecule has 3 fully saturated rings. The molecule has 3 aliphatic heterocycles. The summed E-state index contributed by atoms with van der Waals surface area (Å²) in [4.78, 5) is 43.8. The number of nitrogens with one attached hydrogen (secondary N) is 2. The third kappa shape index (κ3) is 8.46. The molecule has 0 spiro atoms. The van der Waals surface area contributed by atoms with E-state index in [9.17, 15) is 32.7 Å². The molecule has 2 amide bonds. The van der Waals surface area contributed by atoms with Crippen LogP contribution in [-0.4, -0.2) is 80.8 Å². The monoisotopic (exact) mass is 797 g/mol. The van der Waals surface area contributed by atoms with Crippen molar-refractivity contribution in [2.75, 3.05) is 26.2 Å². The number of piperidine rings is 1. The zero-order valence-corrected chi connectivity index (χ0v) is 31.9. The third-order valence-corrected chi connectivity index (χ3v) is 11.6. The molecule has 8 rings (SSSR count). The lowest BCUT2D eigenvalue weighted by Gasteiger charge is -2.40. The number of aromatic nitrogens is 2. The number of aliphatic hydroxyl groups is 1. The molecule has 4 unspecified atom stereocenters. The van der Waals surface area contributed by atoms with Crippen LogP contribution in [0.25, 0.3) is 22.2 Å². The number of halogens is 3. The van der Waals surface area contributed by atoms with Gasteiger partial charge in [-0.1, -0.05) is 84.9 Å². The number of amides is 2. The molecule has 0 radical (unpaired) electrons. The number of aromatic amines is 1. The van der Waals surface area contributed by atoms with E-state index < -0.39 is 30.3 Å². The van der Waals surface area contributed by atoms with Crippen molar-refractivity contribution < 1.29 is 37.3 Å². The van der Waals surface area contributed by atoms with Crippen molar-refractivity contribution in [3.8, 4) is 11.1 Å². The number of para-hydroxylation sites is 2. The van der Waals surface area contributed by atoms with E-state index in [1.165, 1.54) is 0 Å². The number of hydrogen-bond acceptors (Lipinski definition) is 7. The molecule has 3 saturated heterocycles. The molecule has 4 atom stereocenters. The predicted octanol–water partition coefficient (Wildman–Crippen LogP) is 6.54. The maximum atomic E-state index is 13.2. The molecule has 11 nitrogen and oxygen atoms in total. The van der Waals surface area contributed by atoms with Gasteiger partial charge in [-0.15, -0.1) is 0 Å². The number of carbonyl (C=O) groups excluding carboxylic acids is 2. The minimum Gasteiger partial charge on any atom is -0.392 e. The number of alkyl halides is 3. The number of imidazole rings is 1. The fraction of sp³-hybridized carbons (Fsp3) is 0.386. The molecule has 3 N–H and O–H groups in total. The largest absolute Gasteiger partial charge is 0.471 e. The SMILES string of the molecule is O=C(NCc1ccccc1-c1ccc(C2OC(CN3CCC(n4c(=O)[nH]c5ccccc54)CC3)CC(c3ccc(CO)cc3)O2)cc1)C1CCCN1C(=O)C(F)(F)F. The second-order valence-electron chi connectivity index (χ2n) is 15.4. The molecule has 0 aliphatic carbocycles. The summed E-state index contributed by atoms with van der Waals surface area (Å²) in [5.74, 6) is -2.61. The Morgan fingerprint density at radius 3 is 2.29 bits per heavy atom. The van der Waals surface area contributed by atoms with Gasteiger partial charge in [-0.2, -0.15) is 13.2 Å². The van der Waals surface area contributed by atoms with Crippen molar-refractivity contribution in [2.45, 2.75) is 82.0 Å². The Kier molecular flexibility index (Phi) is 11.5. The van der Waals surface area contributed by atoms with E-state index in [2.05, 4.69) is 15.2 Å². The Labute approximate surface area is 333 Å². The van der Waals surface area contributed by atoms with E-state index in [4.69, 9.17) is 9.47 Å². The summed E-state index contributed by atoms with van der Waals surface area (Å²) in [6.07, 6.45) is -3.31. The molecular weight excluding hydrogens is 752 g/mol. The molecule has 0 bridgehead atoms. The number of H-pyrrole nitrogens is 1. The van der Waals surface area contributed by atoms with Crippen LogP contribution in [-0.2, 0) is 32.2 Å². The molecule has 1 aromatic heterocycles. The van der Waals surface area contributed by atoms with Gasteiger partial charge in [-0.25, -0.2) is 4.79 Å². The molecule has 14 heteroatoms. The Bertz CT molecular complexity index is 2280. The molecule has 58 heavy (non-hydrogen) atoms. The Balaban J connectivity index is 0.951. The van der Waals surface area contributed by atoms with Crippen molar-refractivity contribution in [1.82, 2.24) is 24.7 Å². The summed E-state index contributed by atoms with van der Waals surface area (Å²) in [6.45, 7) is 2.24. The minimum atomic E-state index is -5.04. The van der Waals surface area contributed by atoms with Crippen molar-refractivity contribution in [2.24, 2.45) is 0 Å². The molecule has 4 heterocycles. The summed E-state index contributed by atoms with van der Waals surface area (Å²) in [5, 5.41) is 12.4. The maximum Gasteiger partial charge on any atom is 0.471 e. The number of rotatable bonds is 10. The number of ether oxygens (including phenoxy) is 2. The van der Waals surface area contributed by atoms with E-state index in [1.54, 1.807) is 0 Å². The highest BCUT2D eigenvalue weighted by Crippen LogP contribution is 2.39. The Morgan fingerprint density at radius 1 is 0.845 bits per heavy atom. The average Bonchev–Trinajstić information content (AvgIpc) is 3.87. The van der Waals surface area contributed by atoms with Crippen molar-refractivity contribution in [3.05, 3.63) is 130 Å². The van der Waals surface area contributed by atoms with Gasteiger partial charge in [0.2, 0.25) is 5.91 Å². The Hall–Kier alpha value is -5.28. The standard InChI is InChI=1S/C44H46F3N5O6/c45-44(46,47)42(55)51-21-5-10-38(51)40(54)48-25-32-6-1-2-7-35(32)29-15-17-31(18-16-29)41-57-34(24-39(58-41)30-13-11-28(27-53)12-14-30)26-50-22-19-33(20-23-50)52-37-9-4-3-8-36(37)49-43(52)56/h1-4,6-9,11-18,33-34,38-39,41,53H,5,10,19-27H2,(H,48,54)(H,49,56). The van der Waals surface area contributed by atoms with Gasteiger partial charge in [-0.05, 0) is 65.6 Å². The summed E-state index contributed by atoms with van der Waals surface area (Å²) >= 11 is 0. The van der Waals surface area contributed by atoms with Crippen LogP contribution in [0.4, 0.5) is 13.2 Å². The van der Waals surface area contributed by atoms with E-state index in [1.807, 2.05) is 102 Å². The number of likely N-dealkylation sites (tertiary alicyclic amines) is 2. The topological polar surface area (TPSA) is 129 Å². The fourth-order valence-corrected chi connectivity index (χ4v) is 8.64. The third-order valence-electron chi connectivity index (χ3n) is 11.6. The molecular formula is C44H46F3N5O6. The van der Waals surface area contributed by atoms with Gasteiger partial charge >= 0.3 is 17.8 Å². The van der Waals surface area contributed by atoms with Crippen LogP contribution in [0.3, 0.4) is 0 Å². The summed E-state index contributed by atoms with van der Waals surface area (Å²) < 4.78 is 54.6. The predicted molar refractivity (Wildman–Crippen MR) is 210 cm³/mol. The lowest BCUT2D eigenvalue weighted by molar-refractivity contribution is -0.253. The van der Waals surface area contributed by atoms with Crippen LogP contribution in [0.5, 0.6) is 0 Å². The number of fused-ring (bicyclic) bond motifs is 1. The number of nitrogens with zero attached hydrogens (tertiary/aromatic N) is 3. The van der Waals surface area contributed by atoms with Gasteiger partial charge in [0, 0.05) is 50.7 Å². The van der Waals surface area contributed by atoms with Crippen molar-refractivity contribution in [1.29, 1.82) is 0 Å². The highest BCUT2D eigenvalue weighted by Gasteiger charge is 2.47. The molecule has 304 valence electrons. The van der Waals surface area contributed by atoms with Crippen LogP contribution < -0.4 is 11.0 Å². The molecule has 5 aromatic rings. The van der Waals surface area contributed by atoms with Gasteiger partial charge in [0.15, 0.2) is 6.29 Å². The van der Waals surface area contributed by atoms with Gasteiger partial charge < -0.3 is 34.7 Å². The van der Waals surface area contributed by atoms with Crippen LogP contribution in [0, 0.1) is 0 Å². The van der Waals surface area contributed by atoms with Crippen LogP contribution >= 0.6 is 0 Å². The van der Waals surface area contributed by atoms with Crippen molar-refractivity contribution in [3.63, 3.8) is 0 Å². The molecule has 0 saturated carbocycles. The van der Waals surface area contributed by atoms with Gasteiger partial charge in [-0.3, -0.25) is 14.2 Å². The average molecular weight is 798 g/mol. The normalized spacial score (nSPS) is 22.0. The summed E-state index contributed by atoms with van der Waals surface area (Å²) in [7, 11) is 0. The highest BCUT2D eigenvalue weighted by molar-refractivity contribution is 5.90. The summed E-state index contributed by atoms with van der Waals surface area (Å²) in [6, 6.07) is 29.8. The van der Waals surface area contributed by atoms with E-state index >= 15 is 0 Å². The van der Waals surface area contributed by atoms with Gasteiger partial charge in [0.1, 0.15) is 6.04 Å². The van der Waals surface area contributed by atoms with Crippen LogP contribution in [0.1, 0.15) is 72.8 Å². The van der Waals surface area contributed by atoms with Crippen LogP contribution in [0.15, 0.2) is 102 Å². The number of benzene rings is 4. The lowest BCUT2D eigenvalue weighted by atomic mass is 9.97. The van der Waals surface area contributed by atoms with E-state index in [-0.39, 0.29) is 50.1 Å². The zero-order valence-electron chi connectivity index (χ0n) is 31.9. The number of carbonyl (C=O) groups is 2. The lowest BCUT2D eigenvalue weighted by Crippen LogP contribution is -2.50. The number of aliphatic hydroxyl groups excluding tert-OH is 1. The minimum absolute atomic E-state index is 0.0509. The first-order chi connectivity index (χ1) is 28.1. The van der Waals surface area contributed by atoms with Gasteiger partial charge in [0.25, 0.3) is 0 Å². The fourth-order valence-electron chi connectivity index (χ4n) is 8.64. The first-order valence-corrected chi connectivity index (χ1v) is 19.8. The zero-order chi connectivity index (χ0) is 40.4. The van der Waals surface area contributed by atoms with Crippen molar-refractivity contribution >= 4 is 22.8 Å².